The summed E-state index contributed by atoms with van der Waals surface area (Å²) in [4.78, 5) is 15.2. The van der Waals surface area contributed by atoms with E-state index in [0.717, 1.165) is 22.5 Å². The van der Waals surface area contributed by atoms with Gasteiger partial charge in [0, 0.05) is 17.6 Å². The standard InChI is InChI=1S/C14H11N3O/c1-8-10(4-5-16-8)13-11-3-2-9(7-15)6-12(11)17-14(13)18/h2-6,13,16H,1H3,(H,17,18). The van der Waals surface area contributed by atoms with Gasteiger partial charge in [-0.1, -0.05) is 6.07 Å². The van der Waals surface area contributed by atoms with Gasteiger partial charge in [-0.15, -0.1) is 0 Å². The summed E-state index contributed by atoms with van der Waals surface area (Å²) in [5.74, 6) is -0.318. The van der Waals surface area contributed by atoms with Gasteiger partial charge in [0.25, 0.3) is 0 Å². The van der Waals surface area contributed by atoms with Crippen molar-refractivity contribution in [2.75, 3.05) is 5.32 Å². The van der Waals surface area contributed by atoms with E-state index in [1.54, 1.807) is 12.1 Å². The first-order valence-corrected chi connectivity index (χ1v) is 5.69. The summed E-state index contributed by atoms with van der Waals surface area (Å²) in [5, 5.41) is 11.7. The molecule has 4 heteroatoms. The maximum atomic E-state index is 12.1. The van der Waals surface area contributed by atoms with E-state index in [4.69, 9.17) is 5.26 Å². The highest BCUT2D eigenvalue weighted by molar-refractivity contribution is 6.05. The second-order valence-electron chi connectivity index (χ2n) is 4.39. The van der Waals surface area contributed by atoms with Crippen molar-refractivity contribution >= 4 is 11.6 Å². The van der Waals surface area contributed by atoms with Crippen LogP contribution in [0.3, 0.4) is 0 Å². The summed E-state index contributed by atoms with van der Waals surface area (Å²) in [6, 6.07) is 9.31. The van der Waals surface area contributed by atoms with E-state index in [1.807, 2.05) is 25.3 Å². The molecule has 3 rings (SSSR count). The predicted octanol–water partition coefficient (Wildman–Crippen LogP) is 2.28. The Hall–Kier alpha value is -2.54. The molecule has 1 unspecified atom stereocenters. The van der Waals surface area contributed by atoms with Crippen molar-refractivity contribution < 1.29 is 4.79 Å². The lowest BCUT2D eigenvalue weighted by atomic mass is 9.92. The molecule has 1 aromatic carbocycles. The van der Waals surface area contributed by atoms with Crippen molar-refractivity contribution in [3.63, 3.8) is 0 Å². The van der Waals surface area contributed by atoms with Crippen LogP contribution in [0.25, 0.3) is 0 Å². The number of benzene rings is 1. The number of fused-ring (bicyclic) bond motifs is 1. The highest BCUT2D eigenvalue weighted by Crippen LogP contribution is 2.38. The third-order valence-electron chi connectivity index (χ3n) is 3.32. The van der Waals surface area contributed by atoms with Crippen LogP contribution >= 0.6 is 0 Å². The van der Waals surface area contributed by atoms with Crippen LogP contribution in [0.5, 0.6) is 0 Å². The number of rotatable bonds is 1. The number of nitrogens with zero attached hydrogens (tertiary/aromatic N) is 1. The number of H-pyrrole nitrogens is 1. The topological polar surface area (TPSA) is 68.7 Å². The van der Waals surface area contributed by atoms with Crippen LogP contribution in [0.4, 0.5) is 5.69 Å². The summed E-state index contributed by atoms with van der Waals surface area (Å²) in [7, 11) is 0. The number of amides is 1. The van der Waals surface area contributed by atoms with Gasteiger partial charge in [-0.05, 0) is 36.2 Å². The van der Waals surface area contributed by atoms with Crippen molar-refractivity contribution in [2.24, 2.45) is 0 Å². The fourth-order valence-electron chi connectivity index (χ4n) is 2.42. The SMILES string of the molecule is Cc1[nH]ccc1C1C(=O)Nc2cc(C#N)ccc21. The third-order valence-corrected chi connectivity index (χ3v) is 3.32. The van der Waals surface area contributed by atoms with Gasteiger partial charge in [0.2, 0.25) is 5.91 Å². The molecule has 1 amide bonds. The first-order chi connectivity index (χ1) is 8.70. The minimum Gasteiger partial charge on any atom is -0.365 e. The summed E-state index contributed by atoms with van der Waals surface area (Å²) in [5.41, 5.74) is 4.20. The lowest BCUT2D eigenvalue weighted by molar-refractivity contribution is -0.116. The number of carbonyl (C=O) groups is 1. The highest BCUT2D eigenvalue weighted by Gasteiger charge is 2.33. The number of aromatic nitrogens is 1. The quantitative estimate of drug-likeness (QED) is 0.798. The van der Waals surface area contributed by atoms with Crippen molar-refractivity contribution in [1.29, 1.82) is 5.26 Å². The van der Waals surface area contributed by atoms with Gasteiger partial charge in [-0.2, -0.15) is 5.26 Å². The number of hydrogen-bond acceptors (Lipinski definition) is 2. The molecule has 0 saturated heterocycles. The summed E-state index contributed by atoms with van der Waals surface area (Å²) >= 11 is 0. The molecular weight excluding hydrogens is 226 g/mol. The Morgan fingerprint density at radius 3 is 2.78 bits per heavy atom. The average molecular weight is 237 g/mol. The summed E-state index contributed by atoms with van der Waals surface area (Å²) < 4.78 is 0. The molecule has 4 nitrogen and oxygen atoms in total. The molecule has 1 aliphatic rings. The van der Waals surface area contributed by atoms with Gasteiger partial charge in [-0.25, -0.2) is 0 Å². The number of nitriles is 1. The second-order valence-corrected chi connectivity index (χ2v) is 4.39. The highest BCUT2D eigenvalue weighted by atomic mass is 16.2. The predicted molar refractivity (Wildman–Crippen MR) is 67.2 cm³/mol. The summed E-state index contributed by atoms with van der Waals surface area (Å²) in [6.07, 6.45) is 1.83. The first kappa shape index (κ1) is 10.6. The number of nitrogens with one attached hydrogen (secondary N) is 2. The van der Waals surface area contributed by atoms with Crippen molar-refractivity contribution in [3.8, 4) is 6.07 Å². The second kappa shape index (κ2) is 3.74. The zero-order valence-electron chi connectivity index (χ0n) is 9.82. The smallest absolute Gasteiger partial charge is 0.236 e. The van der Waals surface area contributed by atoms with Crippen LogP contribution in [0.2, 0.25) is 0 Å². The molecule has 0 fully saturated rings. The number of aryl methyl sites for hydroxylation is 1. The Morgan fingerprint density at radius 2 is 2.11 bits per heavy atom. The van der Waals surface area contributed by atoms with E-state index >= 15 is 0 Å². The Morgan fingerprint density at radius 1 is 1.28 bits per heavy atom. The average Bonchev–Trinajstić information content (AvgIpc) is 2.90. The molecule has 1 aliphatic heterocycles. The molecule has 0 bridgehead atoms. The fourth-order valence-corrected chi connectivity index (χ4v) is 2.42. The zero-order chi connectivity index (χ0) is 12.7. The Labute approximate surface area is 104 Å². The lowest BCUT2D eigenvalue weighted by Crippen LogP contribution is -2.13. The van der Waals surface area contributed by atoms with Gasteiger partial charge < -0.3 is 10.3 Å². The van der Waals surface area contributed by atoms with Crippen LogP contribution in [0, 0.1) is 18.3 Å². The van der Waals surface area contributed by atoms with Crippen LogP contribution < -0.4 is 5.32 Å². The van der Waals surface area contributed by atoms with Crippen molar-refractivity contribution in [1.82, 2.24) is 4.98 Å². The van der Waals surface area contributed by atoms with E-state index in [1.165, 1.54) is 0 Å². The molecule has 0 aliphatic carbocycles. The van der Waals surface area contributed by atoms with Crippen molar-refractivity contribution in [3.05, 3.63) is 52.8 Å². The molecule has 0 spiro atoms. The molecule has 1 atom stereocenters. The monoisotopic (exact) mass is 237 g/mol. The molecule has 0 radical (unpaired) electrons. The van der Waals surface area contributed by atoms with Crippen molar-refractivity contribution in [2.45, 2.75) is 12.8 Å². The van der Waals surface area contributed by atoms with Crippen LogP contribution in [-0.2, 0) is 4.79 Å². The van der Waals surface area contributed by atoms with Crippen LogP contribution in [0.1, 0.15) is 28.3 Å². The molecule has 0 saturated carbocycles. The molecule has 2 N–H and O–H groups in total. The number of carbonyl (C=O) groups excluding carboxylic acids is 1. The molecule has 2 aromatic rings. The van der Waals surface area contributed by atoms with E-state index < -0.39 is 0 Å². The van der Waals surface area contributed by atoms with Gasteiger partial charge in [-0.3, -0.25) is 4.79 Å². The fraction of sp³-hybridized carbons (Fsp3) is 0.143. The number of anilines is 1. The number of aromatic amines is 1. The first-order valence-electron chi connectivity index (χ1n) is 5.69. The summed E-state index contributed by atoms with van der Waals surface area (Å²) in [6.45, 7) is 1.95. The minimum atomic E-state index is -0.279. The maximum absolute atomic E-state index is 12.1. The Balaban J connectivity index is 2.14. The van der Waals surface area contributed by atoms with Gasteiger partial charge in [0.15, 0.2) is 0 Å². The van der Waals surface area contributed by atoms with E-state index in [-0.39, 0.29) is 11.8 Å². The molecule has 2 heterocycles. The van der Waals surface area contributed by atoms with Crippen LogP contribution in [0.15, 0.2) is 30.5 Å². The van der Waals surface area contributed by atoms with E-state index in [9.17, 15) is 4.79 Å². The van der Waals surface area contributed by atoms with Gasteiger partial charge in [0.1, 0.15) is 0 Å². The lowest BCUT2D eigenvalue weighted by Gasteiger charge is -2.08. The van der Waals surface area contributed by atoms with E-state index in [0.29, 0.717) is 5.56 Å². The van der Waals surface area contributed by atoms with E-state index in [2.05, 4.69) is 16.4 Å². The largest absolute Gasteiger partial charge is 0.365 e. The molecular formula is C14H11N3O. The Kier molecular flexibility index (Phi) is 2.20. The zero-order valence-corrected chi connectivity index (χ0v) is 9.82. The molecule has 88 valence electrons. The van der Waals surface area contributed by atoms with Gasteiger partial charge >= 0.3 is 0 Å². The van der Waals surface area contributed by atoms with Gasteiger partial charge in [0.05, 0.1) is 17.6 Å². The molecule has 18 heavy (non-hydrogen) atoms. The van der Waals surface area contributed by atoms with Crippen LogP contribution in [-0.4, -0.2) is 10.9 Å². The maximum Gasteiger partial charge on any atom is 0.236 e. The normalized spacial score (nSPS) is 17.1. The third kappa shape index (κ3) is 1.41. The number of hydrogen-bond donors (Lipinski definition) is 2. The Bertz CT molecular complexity index is 679. The minimum absolute atomic E-state index is 0.0391. The molecule has 1 aromatic heterocycles.